The summed E-state index contributed by atoms with van der Waals surface area (Å²) in [6.07, 6.45) is 1.42. The molecule has 120 valence electrons. The topological polar surface area (TPSA) is 64.4 Å². The minimum absolute atomic E-state index is 0. The molecule has 0 radical (unpaired) electrons. The number of benzene rings is 1. The van der Waals surface area contributed by atoms with Gasteiger partial charge in [0.15, 0.2) is 0 Å². The maximum absolute atomic E-state index is 12.5. The number of halogens is 1. The van der Waals surface area contributed by atoms with Crippen molar-refractivity contribution in [3.05, 3.63) is 35.2 Å². The summed E-state index contributed by atoms with van der Waals surface area (Å²) in [4.78, 5) is 12.5. The van der Waals surface area contributed by atoms with Gasteiger partial charge in [-0.2, -0.15) is 0 Å². The number of thiophene rings is 1. The summed E-state index contributed by atoms with van der Waals surface area (Å²) in [5.41, 5.74) is 6.58. The number of nitrogens with one attached hydrogen (secondary N) is 1. The van der Waals surface area contributed by atoms with Gasteiger partial charge in [-0.3, -0.25) is 4.79 Å². The van der Waals surface area contributed by atoms with Gasteiger partial charge in [0.1, 0.15) is 0 Å². The summed E-state index contributed by atoms with van der Waals surface area (Å²) >= 11 is 1.71. The lowest BCUT2D eigenvalue weighted by Crippen LogP contribution is -2.48. The highest BCUT2D eigenvalue weighted by atomic mass is 35.5. The number of nitrogens with two attached hydrogens (primary N) is 1. The Labute approximate surface area is 140 Å². The van der Waals surface area contributed by atoms with Gasteiger partial charge in [-0.1, -0.05) is 18.2 Å². The molecule has 2 heterocycles. The molecule has 1 aromatic heterocycles. The lowest BCUT2D eigenvalue weighted by Gasteiger charge is -2.34. The Bertz CT molecular complexity index is 638. The summed E-state index contributed by atoms with van der Waals surface area (Å²) in [5, 5.41) is 6.41. The van der Waals surface area contributed by atoms with Crippen molar-refractivity contribution in [2.24, 2.45) is 11.1 Å². The molecular formula is C16H21ClN2O2S. The minimum Gasteiger partial charge on any atom is -0.381 e. The van der Waals surface area contributed by atoms with E-state index >= 15 is 0 Å². The maximum Gasteiger partial charge on any atom is 0.227 e. The molecule has 1 aliphatic heterocycles. The van der Waals surface area contributed by atoms with Crippen LogP contribution in [0.5, 0.6) is 0 Å². The second-order valence-electron chi connectivity index (χ2n) is 5.54. The second-order valence-corrected chi connectivity index (χ2v) is 6.45. The molecule has 0 bridgehead atoms. The molecule has 2 aromatic rings. The fraction of sp³-hybridized carbons (Fsp3) is 0.438. The summed E-state index contributed by atoms with van der Waals surface area (Å²) in [5.74, 6) is 0.0589. The first-order valence-corrected chi connectivity index (χ1v) is 8.14. The van der Waals surface area contributed by atoms with Crippen LogP contribution in [0.3, 0.4) is 0 Å². The summed E-state index contributed by atoms with van der Waals surface area (Å²) < 4.78 is 6.60. The average Bonchev–Trinajstić information content (AvgIpc) is 2.96. The van der Waals surface area contributed by atoms with E-state index in [1.807, 2.05) is 12.1 Å². The molecule has 4 nitrogen and oxygen atoms in total. The van der Waals surface area contributed by atoms with Crippen molar-refractivity contribution in [3.8, 4) is 0 Å². The van der Waals surface area contributed by atoms with E-state index in [4.69, 9.17) is 10.5 Å². The van der Waals surface area contributed by atoms with Crippen molar-refractivity contribution in [1.82, 2.24) is 5.32 Å². The number of hydrogen-bond acceptors (Lipinski definition) is 4. The molecule has 1 aromatic carbocycles. The molecule has 22 heavy (non-hydrogen) atoms. The quantitative estimate of drug-likeness (QED) is 0.899. The Hall–Kier alpha value is -1.14. The lowest BCUT2D eigenvalue weighted by molar-refractivity contribution is -0.136. The number of carbonyl (C=O) groups is 1. The van der Waals surface area contributed by atoms with Gasteiger partial charge in [-0.25, -0.2) is 0 Å². The maximum atomic E-state index is 12.5. The van der Waals surface area contributed by atoms with Crippen LogP contribution in [0.2, 0.25) is 0 Å². The number of hydrogen-bond donors (Lipinski definition) is 2. The van der Waals surface area contributed by atoms with Crippen LogP contribution in [0.4, 0.5) is 0 Å². The first-order chi connectivity index (χ1) is 10.2. The molecule has 1 aliphatic rings. The van der Waals surface area contributed by atoms with Crippen LogP contribution in [0.25, 0.3) is 10.1 Å². The third-order valence-electron chi connectivity index (χ3n) is 4.32. The van der Waals surface area contributed by atoms with Gasteiger partial charge in [0.2, 0.25) is 5.91 Å². The van der Waals surface area contributed by atoms with Crippen molar-refractivity contribution < 1.29 is 9.53 Å². The Morgan fingerprint density at radius 2 is 2.05 bits per heavy atom. The van der Waals surface area contributed by atoms with E-state index in [9.17, 15) is 4.79 Å². The number of ether oxygens (including phenoxy) is 1. The SMILES string of the molecule is Cl.NCC1(C(=O)NCc2csc3ccccc23)CCOCC1. The summed E-state index contributed by atoms with van der Waals surface area (Å²) in [7, 11) is 0. The van der Waals surface area contributed by atoms with Crippen molar-refractivity contribution >= 4 is 39.7 Å². The van der Waals surface area contributed by atoms with Crippen molar-refractivity contribution in [3.63, 3.8) is 0 Å². The van der Waals surface area contributed by atoms with E-state index in [-0.39, 0.29) is 18.3 Å². The first kappa shape index (κ1) is 17.2. The number of amides is 1. The molecule has 3 rings (SSSR count). The molecule has 1 fully saturated rings. The molecule has 1 amide bonds. The van der Waals surface area contributed by atoms with E-state index in [0.29, 0.717) is 39.1 Å². The average molecular weight is 341 g/mol. The van der Waals surface area contributed by atoms with Crippen LogP contribution in [0.1, 0.15) is 18.4 Å². The van der Waals surface area contributed by atoms with Crippen molar-refractivity contribution in [1.29, 1.82) is 0 Å². The van der Waals surface area contributed by atoms with Gasteiger partial charge in [0, 0.05) is 31.0 Å². The van der Waals surface area contributed by atoms with Crippen LogP contribution in [-0.2, 0) is 16.1 Å². The van der Waals surface area contributed by atoms with E-state index < -0.39 is 5.41 Å². The molecule has 1 saturated heterocycles. The van der Waals surface area contributed by atoms with Gasteiger partial charge >= 0.3 is 0 Å². The van der Waals surface area contributed by atoms with Gasteiger partial charge in [-0.15, -0.1) is 23.7 Å². The molecule has 6 heteroatoms. The standard InChI is InChI=1S/C16H20N2O2S.ClH/c17-11-16(5-7-20-8-6-16)15(19)18-9-12-10-21-14-4-2-1-3-13(12)14;/h1-4,10H,5-9,11,17H2,(H,18,19);1H. The largest absolute Gasteiger partial charge is 0.381 e. The Morgan fingerprint density at radius 1 is 1.32 bits per heavy atom. The number of fused-ring (bicyclic) bond motifs is 1. The second kappa shape index (κ2) is 7.42. The first-order valence-electron chi connectivity index (χ1n) is 7.26. The number of carbonyl (C=O) groups excluding carboxylic acids is 1. The van der Waals surface area contributed by atoms with E-state index in [0.717, 1.165) is 0 Å². The van der Waals surface area contributed by atoms with Crippen LogP contribution in [0.15, 0.2) is 29.6 Å². The van der Waals surface area contributed by atoms with Crippen LogP contribution < -0.4 is 11.1 Å². The molecule has 0 saturated carbocycles. The van der Waals surface area contributed by atoms with Crippen LogP contribution >= 0.6 is 23.7 Å². The third-order valence-corrected chi connectivity index (χ3v) is 5.34. The smallest absolute Gasteiger partial charge is 0.227 e. The number of rotatable bonds is 4. The van der Waals surface area contributed by atoms with Gasteiger partial charge in [-0.05, 0) is 35.2 Å². The molecule has 3 N–H and O–H groups in total. The third kappa shape index (κ3) is 3.27. The van der Waals surface area contributed by atoms with Crippen molar-refractivity contribution in [2.45, 2.75) is 19.4 Å². The minimum atomic E-state index is -0.454. The van der Waals surface area contributed by atoms with E-state index in [2.05, 4.69) is 22.8 Å². The fourth-order valence-corrected chi connectivity index (χ4v) is 3.78. The normalized spacial score (nSPS) is 17.0. The molecular weight excluding hydrogens is 320 g/mol. The van der Waals surface area contributed by atoms with Gasteiger partial charge < -0.3 is 15.8 Å². The summed E-state index contributed by atoms with van der Waals surface area (Å²) in [6.45, 7) is 2.18. The Balaban J connectivity index is 0.00000176. The fourth-order valence-electron chi connectivity index (χ4n) is 2.82. The predicted octanol–water partition coefficient (Wildman–Crippen LogP) is 2.69. The highest BCUT2D eigenvalue weighted by molar-refractivity contribution is 7.17. The highest BCUT2D eigenvalue weighted by Crippen LogP contribution is 2.30. The van der Waals surface area contributed by atoms with Crippen molar-refractivity contribution in [2.75, 3.05) is 19.8 Å². The Kier molecular flexibility index (Phi) is 5.81. The Morgan fingerprint density at radius 3 is 2.77 bits per heavy atom. The predicted molar refractivity (Wildman–Crippen MR) is 92.5 cm³/mol. The monoisotopic (exact) mass is 340 g/mol. The van der Waals surface area contributed by atoms with E-state index in [1.165, 1.54) is 15.6 Å². The molecule has 0 unspecified atom stereocenters. The van der Waals surface area contributed by atoms with Gasteiger partial charge in [0.05, 0.1) is 5.41 Å². The molecule has 0 aliphatic carbocycles. The van der Waals surface area contributed by atoms with Gasteiger partial charge in [0.25, 0.3) is 0 Å². The molecule has 0 spiro atoms. The zero-order chi connectivity index (χ0) is 14.7. The zero-order valence-electron chi connectivity index (χ0n) is 12.3. The van der Waals surface area contributed by atoms with Crippen LogP contribution in [0, 0.1) is 5.41 Å². The summed E-state index contributed by atoms with van der Waals surface area (Å²) in [6, 6.07) is 8.26. The zero-order valence-corrected chi connectivity index (χ0v) is 14.0. The van der Waals surface area contributed by atoms with Crippen LogP contribution in [-0.4, -0.2) is 25.7 Å². The lowest BCUT2D eigenvalue weighted by atomic mass is 9.79. The highest BCUT2D eigenvalue weighted by Gasteiger charge is 2.38. The van der Waals surface area contributed by atoms with E-state index in [1.54, 1.807) is 11.3 Å². The molecule has 0 atom stereocenters.